The third-order valence-corrected chi connectivity index (χ3v) is 7.35. The molecule has 8 heteroatoms. The monoisotopic (exact) mass is 441 g/mol. The summed E-state index contributed by atoms with van der Waals surface area (Å²) in [6, 6.07) is 18.8. The number of fused-ring (bicyclic) bond motifs is 1. The Bertz CT molecular complexity index is 1170. The first-order valence-electron chi connectivity index (χ1n) is 10.1. The molecule has 0 aliphatic carbocycles. The third kappa shape index (κ3) is 5.10. The summed E-state index contributed by atoms with van der Waals surface area (Å²) >= 11 is 0. The molecule has 1 N–H and O–H groups in total. The summed E-state index contributed by atoms with van der Waals surface area (Å²) in [6.45, 7) is 2.16. The van der Waals surface area contributed by atoms with Gasteiger partial charge in [0.1, 0.15) is 5.82 Å². The Balaban J connectivity index is 1.31. The van der Waals surface area contributed by atoms with Gasteiger partial charge in [0.05, 0.1) is 11.4 Å². The predicted molar refractivity (Wildman–Crippen MR) is 117 cm³/mol. The zero-order chi connectivity index (χ0) is 21.8. The maximum absolute atomic E-state index is 13.0. The predicted octanol–water partition coefficient (Wildman–Crippen LogP) is 2.60. The smallest absolute Gasteiger partial charge is 0.243 e. The van der Waals surface area contributed by atoms with Crippen molar-refractivity contribution in [1.82, 2.24) is 14.5 Å². The van der Waals surface area contributed by atoms with Crippen molar-refractivity contribution in [2.45, 2.75) is 11.4 Å². The Morgan fingerprint density at radius 2 is 1.58 bits per heavy atom. The highest BCUT2D eigenvalue weighted by molar-refractivity contribution is 7.89. The number of amides is 1. The van der Waals surface area contributed by atoms with E-state index in [-0.39, 0.29) is 23.2 Å². The van der Waals surface area contributed by atoms with Gasteiger partial charge in [-0.3, -0.25) is 9.69 Å². The van der Waals surface area contributed by atoms with E-state index in [1.165, 1.54) is 16.4 Å². The fourth-order valence-corrected chi connectivity index (χ4v) is 5.12. The van der Waals surface area contributed by atoms with E-state index in [1.807, 2.05) is 35.2 Å². The zero-order valence-electron chi connectivity index (χ0n) is 17.0. The van der Waals surface area contributed by atoms with Gasteiger partial charge in [0.2, 0.25) is 15.9 Å². The van der Waals surface area contributed by atoms with Crippen LogP contribution in [0.25, 0.3) is 10.8 Å². The van der Waals surface area contributed by atoms with Gasteiger partial charge >= 0.3 is 0 Å². The molecule has 0 saturated carbocycles. The molecule has 0 aromatic heterocycles. The molecule has 4 rings (SSSR count). The van der Waals surface area contributed by atoms with Crippen LogP contribution >= 0.6 is 0 Å². The molecular weight excluding hydrogens is 417 g/mol. The average molecular weight is 442 g/mol. The molecule has 0 bridgehead atoms. The van der Waals surface area contributed by atoms with E-state index in [4.69, 9.17) is 0 Å². The molecule has 3 aromatic rings. The van der Waals surface area contributed by atoms with Crippen LogP contribution in [0.15, 0.2) is 71.6 Å². The van der Waals surface area contributed by atoms with Crippen LogP contribution in [0.5, 0.6) is 0 Å². The van der Waals surface area contributed by atoms with Crippen molar-refractivity contribution < 1.29 is 17.6 Å². The van der Waals surface area contributed by atoms with Crippen LogP contribution in [0.2, 0.25) is 0 Å². The van der Waals surface area contributed by atoms with E-state index in [0.29, 0.717) is 32.7 Å². The van der Waals surface area contributed by atoms with Gasteiger partial charge in [-0.25, -0.2) is 12.8 Å². The number of benzene rings is 3. The van der Waals surface area contributed by atoms with Crippen molar-refractivity contribution in [3.8, 4) is 0 Å². The second-order valence-electron chi connectivity index (χ2n) is 7.59. The van der Waals surface area contributed by atoms with Crippen LogP contribution in [0.1, 0.15) is 5.56 Å². The molecule has 1 heterocycles. The van der Waals surface area contributed by atoms with Crippen molar-refractivity contribution in [3.05, 3.63) is 78.1 Å². The zero-order valence-corrected chi connectivity index (χ0v) is 17.8. The van der Waals surface area contributed by atoms with Gasteiger partial charge in [-0.05, 0) is 40.6 Å². The fourth-order valence-electron chi connectivity index (χ4n) is 3.67. The lowest BCUT2D eigenvalue weighted by molar-refractivity contribution is -0.122. The Kier molecular flexibility index (Phi) is 6.31. The van der Waals surface area contributed by atoms with Gasteiger partial charge in [0.25, 0.3) is 0 Å². The lowest BCUT2D eigenvalue weighted by Crippen LogP contribution is -2.50. The van der Waals surface area contributed by atoms with E-state index >= 15 is 0 Å². The van der Waals surface area contributed by atoms with Crippen LogP contribution in [-0.2, 0) is 21.4 Å². The van der Waals surface area contributed by atoms with Gasteiger partial charge in [-0.2, -0.15) is 4.31 Å². The lowest BCUT2D eigenvalue weighted by Gasteiger charge is -2.33. The molecule has 0 spiro atoms. The number of sulfonamides is 1. The van der Waals surface area contributed by atoms with Crippen LogP contribution in [0, 0.1) is 5.82 Å². The molecule has 162 valence electrons. The second-order valence-corrected chi connectivity index (χ2v) is 9.53. The molecule has 1 amide bonds. The first kappa shape index (κ1) is 21.4. The summed E-state index contributed by atoms with van der Waals surface area (Å²) in [5.74, 6) is -0.457. The minimum Gasteiger partial charge on any atom is -0.351 e. The van der Waals surface area contributed by atoms with Crippen molar-refractivity contribution in [2.75, 3.05) is 32.7 Å². The Labute approximate surface area is 181 Å². The maximum Gasteiger partial charge on any atom is 0.243 e. The van der Waals surface area contributed by atoms with E-state index in [0.717, 1.165) is 16.3 Å². The second kappa shape index (κ2) is 9.13. The van der Waals surface area contributed by atoms with Crippen LogP contribution in [0.3, 0.4) is 0 Å². The van der Waals surface area contributed by atoms with Crippen LogP contribution in [0.4, 0.5) is 4.39 Å². The highest BCUT2D eigenvalue weighted by atomic mass is 32.2. The lowest BCUT2D eigenvalue weighted by atomic mass is 10.1. The number of hydrogen-bond acceptors (Lipinski definition) is 4. The summed E-state index contributed by atoms with van der Waals surface area (Å²) in [6.07, 6.45) is 0. The molecule has 1 saturated heterocycles. The number of rotatable bonds is 6. The quantitative estimate of drug-likeness (QED) is 0.639. The molecule has 1 aliphatic heterocycles. The molecule has 6 nitrogen and oxygen atoms in total. The standard InChI is InChI=1S/C23H24FN3O3S/c24-21-8-5-18(6-9-21)16-25-23(28)17-26-11-13-27(14-12-26)31(29,30)22-10-7-19-3-1-2-4-20(19)15-22/h1-10,15H,11-14,16-17H2,(H,25,28). The van der Waals surface area contributed by atoms with Crippen molar-refractivity contribution in [1.29, 1.82) is 0 Å². The minimum atomic E-state index is -3.58. The van der Waals surface area contributed by atoms with E-state index in [1.54, 1.807) is 24.3 Å². The van der Waals surface area contributed by atoms with Gasteiger partial charge < -0.3 is 5.32 Å². The number of carbonyl (C=O) groups is 1. The molecule has 1 fully saturated rings. The number of nitrogens with zero attached hydrogens (tertiary/aromatic N) is 2. The first-order valence-corrected chi connectivity index (χ1v) is 11.6. The van der Waals surface area contributed by atoms with Gasteiger partial charge in [0.15, 0.2) is 0 Å². The first-order chi connectivity index (χ1) is 14.9. The number of hydrogen-bond donors (Lipinski definition) is 1. The highest BCUT2D eigenvalue weighted by Crippen LogP contribution is 2.22. The summed E-state index contributed by atoms with van der Waals surface area (Å²) in [4.78, 5) is 14.4. The van der Waals surface area contributed by atoms with Crippen LogP contribution < -0.4 is 5.32 Å². The van der Waals surface area contributed by atoms with E-state index < -0.39 is 10.0 Å². The van der Waals surface area contributed by atoms with Gasteiger partial charge in [-0.15, -0.1) is 0 Å². The number of piperazine rings is 1. The summed E-state index contributed by atoms with van der Waals surface area (Å²) in [5, 5.41) is 4.70. The third-order valence-electron chi connectivity index (χ3n) is 5.46. The topological polar surface area (TPSA) is 69.7 Å². The molecule has 0 atom stereocenters. The van der Waals surface area contributed by atoms with Crippen molar-refractivity contribution in [3.63, 3.8) is 0 Å². The van der Waals surface area contributed by atoms with Crippen molar-refractivity contribution >= 4 is 26.7 Å². The summed E-state index contributed by atoms with van der Waals surface area (Å²) < 4.78 is 40.5. The van der Waals surface area contributed by atoms with E-state index in [9.17, 15) is 17.6 Å². The summed E-state index contributed by atoms with van der Waals surface area (Å²) in [5.41, 5.74) is 0.820. The highest BCUT2D eigenvalue weighted by Gasteiger charge is 2.29. The Morgan fingerprint density at radius 3 is 2.29 bits per heavy atom. The molecule has 1 aliphatic rings. The molecule has 31 heavy (non-hydrogen) atoms. The number of halogens is 1. The molecule has 0 unspecified atom stereocenters. The Morgan fingerprint density at radius 1 is 0.903 bits per heavy atom. The number of carbonyl (C=O) groups excluding carboxylic acids is 1. The normalized spacial score (nSPS) is 15.8. The largest absolute Gasteiger partial charge is 0.351 e. The van der Waals surface area contributed by atoms with Gasteiger partial charge in [-0.1, -0.05) is 42.5 Å². The van der Waals surface area contributed by atoms with Gasteiger partial charge in [0, 0.05) is 32.7 Å². The fraction of sp³-hybridized carbons (Fsp3) is 0.261. The SMILES string of the molecule is O=C(CN1CCN(S(=O)(=O)c2ccc3ccccc3c2)CC1)NCc1ccc(F)cc1. The average Bonchev–Trinajstić information content (AvgIpc) is 2.79. The van der Waals surface area contributed by atoms with Crippen molar-refractivity contribution in [2.24, 2.45) is 0 Å². The molecule has 3 aromatic carbocycles. The number of nitrogens with one attached hydrogen (secondary N) is 1. The minimum absolute atomic E-state index is 0.143. The molecule has 0 radical (unpaired) electrons. The summed E-state index contributed by atoms with van der Waals surface area (Å²) in [7, 11) is -3.58. The van der Waals surface area contributed by atoms with E-state index in [2.05, 4.69) is 5.32 Å². The molecular formula is C23H24FN3O3S. The maximum atomic E-state index is 13.0. The Hall–Kier alpha value is -2.81. The van der Waals surface area contributed by atoms with Crippen LogP contribution in [-0.4, -0.2) is 56.3 Å².